The number of aryl methyl sites for hydroxylation is 1. The molecule has 5 nitrogen and oxygen atoms in total. The first-order valence-corrected chi connectivity index (χ1v) is 6.97. The molecular formula is C16H18N4O. The van der Waals surface area contributed by atoms with Crippen LogP contribution in [0.2, 0.25) is 0 Å². The SMILES string of the molecule is Cc1[nH]c2ccccc2c1-c1ccnc(N[C@@H](C)CO)n1. The number of rotatable bonds is 4. The predicted molar refractivity (Wildman–Crippen MR) is 84.2 cm³/mol. The van der Waals surface area contributed by atoms with E-state index in [2.05, 4.69) is 32.4 Å². The maximum absolute atomic E-state index is 9.11. The third kappa shape index (κ3) is 2.60. The van der Waals surface area contributed by atoms with Crippen LogP contribution >= 0.6 is 0 Å². The van der Waals surface area contributed by atoms with Crippen molar-refractivity contribution in [3.8, 4) is 11.3 Å². The number of nitrogens with zero attached hydrogens (tertiary/aromatic N) is 2. The van der Waals surface area contributed by atoms with Crippen LogP contribution in [0.4, 0.5) is 5.95 Å². The lowest BCUT2D eigenvalue weighted by Gasteiger charge is -2.11. The second kappa shape index (κ2) is 5.54. The summed E-state index contributed by atoms with van der Waals surface area (Å²) in [5.41, 5.74) is 4.14. The summed E-state index contributed by atoms with van der Waals surface area (Å²) in [6, 6.07) is 9.99. The van der Waals surface area contributed by atoms with Crippen LogP contribution in [0.25, 0.3) is 22.2 Å². The Labute approximate surface area is 123 Å². The van der Waals surface area contributed by atoms with Crippen molar-refractivity contribution in [3.63, 3.8) is 0 Å². The number of benzene rings is 1. The lowest BCUT2D eigenvalue weighted by atomic mass is 10.1. The van der Waals surface area contributed by atoms with Gasteiger partial charge in [0.15, 0.2) is 0 Å². The number of para-hydroxylation sites is 1. The number of fused-ring (bicyclic) bond motifs is 1. The fourth-order valence-electron chi connectivity index (χ4n) is 2.44. The first-order valence-electron chi connectivity index (χ1n) is 6.97. The Morgan fingerprint density at radius 2 is 2.10 bits per heavy atom. The predicted octanol–water partition coefficient (Wildman–Crippen LogP) is 2.73. The average Bonchev–Trinajstić information content (AvgIpc) is 2.83. The summed E-state index contributed by atoms with van der Waals surface area (Å²) in [4.78, 5) is 12.1. The molecule has 5 heteroatoms. The Hall–Kier alpha value is -2.40. The van der Waals surface area contributed by atoms with Gasteiger partial charge in [-0.3, -0.25) is 0 Å². The van der Waals surface area contributed by atoms with Crippen molar-refractivity contribution in [1.82, 2.24) is 15.0 Å². The highest BCUT2D eigenvalue weighted by molar-refractivity contribution is 5.96. The standard InChI is InChI=1S/C16H18N4O/c1-10(9-21)18-16-17-8-7-14(20-16)15-11(2)19-13-6-4-3-5-12(13)15/h3-8,10,19,21H,9H2,1-2H3,(H,17,18,20)/t10-/m0/s1. The monoisotopic (exact) mass is 282 g/mol. The molecule has 0 spiro atoms. The zero-order valence-corrected chi connectivity index (χ0v) is 12.1. The van der Waals surface area contributed by atoms with E-state index in [1.165, 1.54) is 0 Å². The molecule has 0 unspecified atom stereocenters. The minimum absolute atomic E-state index is 0.0414. The Balaban J connectivity index is 2.06. The zero-order valence-electron chi connectivity index (χ0n) is 12.1. The zero-order chi connectivity index (χ0) is 14.8. The van der Waals surface area contributed by atoms with Gasteiger partial charge in [-0.05, 0) is 26.0 Å². The molecule has 0 radical (unpaired) electrons. The molecule has 108 valence electrons. The van der Waals surface area contributed by atoms with Gasteiger partial charge in [-0.1, -0.05) is 18.2 Å². The molecule has 3 rings (SSSR count). The number of H-pyrrole nitrogens is 1. The molecule has 1 atom stereocenters. The molecule has 0 amide bonds. The van der Waals surface area contributed by atoms with Crippen molar-refractivity contribution in [3.05, 3.63) is 42.2 Å². The number of aliphatic hydroxyl groups excluding tert-OH is 1. The highest BCUT2D eigenvalue weighted by Crippen LogP contribution is 2.30. The minimum Gasteiger partial charge on any atom is -0.394 e. The second-order valence-electron chi connectivity index (χ2n) is 5.16. The number of hydrogen-bond donors (Lipinski definition) is 3. The molecule has 0 aliphatic heterocycles. The van der Waals surface area contributed by atoms with Crippen LogP contribution in [-0.2, 0) is 0 Å². The van der Waals surface area contributed by atoms with Crippen molar-refractivity contribution < 1.29 is 5.11 Å². The number of hydrogen-bond acceptors (Lipinski definition) is 4. The molecule has 0 aliphatic carbocycles. The van der Waals surface area contributed by atoms with Gasteiger partial charge >= 0.3 is 0 Å². The fraction of sp³-hybridized carbons (Fsp3) is 0.250. The second-order valence-corrected chi connectivity index (χ2v) is 5.16. The van der Waals surface area contributed by atoms with Gasteiger partial charge in [0.2, 0.25) is 5.95 Å². The number of aromatic nitrogens is 3. The van der Waals surface area contributed by atoms with Crippen molar-refractivity contribution in [2.45, 2.75) is 19.9 Å². The molecule has 2 aromatic heterocycles. The van der Waals surface area contributed by atoms with Gasteiger partial charge in [0.05, 0.1) is 12.3 Å². The van der Waals surface area contributed by atoms with E-state index < -0.39 is 0 Å². The third-order valence-electron chi connectivity index (χ3n) is 3.45. The summed E-state index contributed by atoms with van der Waals surface area (Å²) >= 11 is 0. The van der Waals surface area contributed by atoms with Gasteiger partial charge in [0.25, 0.3) is 0 Å². The lowest BCUT2D eigenvalue weighted by molar-refractivity contribution is 0.281. The van der Waals surface area contributed by atoms with Crippen LogP contribution in [0.5, 0.6) is 0 Å². The van der Waals surface area contributed by atoms with E-state index in [0.717, 1.165) is 27.9 Å². The third-order valence-corrected chi connectivity index (χ3v) is 3.45. The first-order chi connectivity index (χ1) is 10.2. The lowest BCUT2D eigenvalue weighted by Crippen LogP contribution is -2.20. The Morgan fingerprint density at radius 1 is 1.29 bits per heavy atom. The van der Waals surface area contributed by atoms with E-state index in [-0.39, 0.29) is 12.6 Å². The molecule has 1 aromatic carbocycles. The van der Waals surface area contributed by atoms with E-state index in [1.807, 2.05) is 32.0 Å². The number of nitrogens with one attached hydrogen (secondary N) is 2. The summed E-state index contributed by atoms with van der Waals surface area (Å²) < 4.78 is 0. The van der Waals surface area contributed by atoms with Crippen molar-refractivity contribution in [1.29, 1.82) is 0 Å². The van der Waals surface area contributed by atoms with Gasteiger partial charge < -0.3 is 15.4 Å². The summed E-state index contributed by atoms with van der Waals surface area (Å²) in [6.45, 7) is 3.97. The molecule has 2 heterocycles. The maximum Gasteiger partial charge on any atom is 0.223 e. The molecule has 3 N–H and O–H groups in total. The van der Waals surface area contributed by atoms with Crippen molar-refractivity contribution in [2.75, 3.05) is 11.9 Å². The summed E-state index contributed by atoms with van der Waals surface area (Å²) in [5, 5.41) is 13.3. The smallest absolute Gasteiger partial charge is 0.223 e. The summed E-state index contributed by atoms with van der Waals surface area (Å²) in [7, 11) is 0. The van der Waals surface area contributed by atoms with Gasteiger partial charge in [0.1, 0.15) is 0 Å². The summed E-state index contributed by atoms with van der Waals surface area (Å²) in [5.74, 6) is 0.527. The van der Waals surface area contributed by atoms with Crippen LogP contribution in [0.1, 0.15) is 12.6 Å². The fourth-order valence-corrected chi connectivity index (χ4v) is 2.44. The normalized spacial score (nSPS) is 12.5. The minimum atomic E-state index is -0.0793. The molecule has 0 aliphatic rings. The Kier molecular flexibility index (Phi) is 3.58. The quantitative estimate of drug-likeness (QED) is 0.688. The van der Waals surface area contributed by atoms with Gasteiger partial charge in [-0.2, -0.15) is 0 Å². The highest BCUT2D eigenvalue weighted by atomic mass is 16.3. The molecule has 3 aromatic rings. The van der Waals surface area contributed by atoms with Crippen LogP contribution < -0.4 is 5.32 Å². The molecule has 0 fully saturated rings. The maximum atomic E-state index is 9.11. The van der Waals surface area contributed by atoms with E-state index >= 15 is 0 Å². The van der Waals surface area contributed by atoms with Gasteiger partial charge in [-0.25, -0.2) is 9.97 Å². The molecule has 0 saturated carbocycles. The molecular weight excluding hydrogens is 264 g/mol. The number of aromatic amines is 1. The van der Waals surface area contributed by atoms with E-state index in [0.29, 0.717) is 5.95 Å². The number of aliphatic hydroxyl groups is 1. The molecule has 21 heavy (non-hydrogen) atoms. The average molecular weight is 282 g/mol. The Morgan fingerprint density at radius 3 is 2.90 bits per heavy atom. The van der Waals surface area contributed by atoms with Gasteiger partial charge in [-0.15, -0.1) is 0 Å². The van der Waals surface area contributed by atoms with Crippen LogP contribution in [0, 0.1) is 6.92 Å². The Bertz CT molecular complexity index is 766. The molecule has 0 bridgehead atoms. The van der Waals surface area contributed by atoms with Gasteiger partial charge in [0, 0.05) is 34.4 Å². The van der Waals surface area contributed by atoms with E-state index in [4.69, 9.17) is 5.11 Å². The van der Waals surface area contributed by atoms with Crippen LogP contribution in [-0.4, -0.2) is 32.7 Å². The van der Waals surface area contributed by atoms with E-state index in [9.17, 15) is 0 Å². The first kappa shape index (κ1) is 13.6. The topological polar surface area (TPSA) is 73.8 Å². The summed E-state index contributed by atoms with van der Waals surface area (Å²) in [6.07, 6.45) is 1.73. The molecule has 0 saturated heterocycles. The van der Waals surface area contributed by atoms with Crippen molar-refractivity contribution in [2.24, 2.45) is 0 Å². The van der Waals surface area contributed by atoms with E-state index in [1.54, 1.807) is 6.20 Å². The number of anilines is 1. The van der Waals surface area contributed by atoms with Crippen molar-refractivity contribution >= 4 is 16.9 Å². The van der Waals surface area contributed by atoms with Crippen LogP contribution in [0.3, 0.4) is 0 Å². The largest absolute Gasteiger partial charge is 0.394 e. The highest BCUT2D eigenvalue weighted by Gasteiger charge is 2.12. The van der Waals surface area contributed by atoms with Crippen LogP contribution in [0.15, 0.2) is 36.5 Å².